The molecule has 0 spiro atoms. The number of H-pyrrole nitrogens is 1. The van der Waals surface area contributed by atoms with Crippen LogP contribution in [-0.2, 0) is 28.9 Å². The molecule has 0 saturated carbocycles. The Hall–Kier alpha value is -4.98. The number of aldehydes is 1. The molecule has 0 unspecified atom stereocenters. The van der Waals surface area contributed by atoms with Crippen molar-refractivity contribution >= 4 is 23.8 Å². The van der Waals surface area contributed by atoms with Crippen LogP contribution in [0.25, 0.3) is 0 Å². The monoisotopic (exact) mass is 606 g/mol. The average molecular weight is 607 g/mol. The Balaban J connectivity index is 1.34. The van der Waals surface area contributed by atoms with Gasteiger partial charge in [-0.2, -0.15) is 0 Å². The van der Waals surface area contributed by atoms with Crippen molar-refractivity contribution in [3.63, 3.8) is 0 Å². The number of hydrogen-bond acceptors (Lipinski definition) is 6. The molecule has 4 aromatic rings. The molecule has 232 valence electrons. The molecule has 8 heteroatoms. The molecule has 1 amide bonds. The number of aromatic nitrogens is 1. The summed E-state index contributed by atoms with van der Waals surface area (Å²) in [6, 6.07) is 27.1. The minimum absolute atomic E-state index is 0.0937. The van der Waals surface area contributed by atoms with Crippen molar-refractivity contribution in [2.75, 3.05) is 13.2 Å². The van der Waals surface area contributed by atoms with Crippen LogP contribution in [0, 0.1) is 5.92 Å². The van der Waals surface area contributed by atoms with Gasteiger partial charge in [0.1, 0.15) is 17.8 Å². The minimum atomic E-state index is -0.738. The molecule has 0 saturated heterocycles. The van der Waals surface area contributed by atoms with Crippen LogP contribution in [-0.4, -0.2) is 48.0 Å². The Morgan fingerprint density at radius 3 is 1.98 bits per heavy atom. The smallest absolute Gasteiger partial charge is 0.224 e. The molecule has 5 heterocycles. The van der Waals surface area contributed by atoms with Gasteiger partial charge >= 0.3 is 0 Å². The number of carbonyl (C=O) groups excluding carboxylic acids is 4. The lowest BCUT2D eigenvalue weighted by Gasteiger charge is -2.20. The van der Waals surface area contributed by atoms with Crippen LogP contribution in [0.15, 0.2) is 91.0 Å². The Morgan fingerprint density at radius 1 is 0.756 bits per heavy atom. The number of nitrogens with one attached hydrogen (secondary N) is 2. The second-order valence-corrected chi connectivity index (χ2v) is 11.4. The summed E-state index contributed by atoms with van der Waals surface area (Å²) in [7, 11) is 0. The summed E-state index contributed by atoms with van der Waals surface area (Å²) in [6.45, 7) is 1.12. The molecular formula is C37H38N2O6. The number of ketones is 2. The van der Waals surface area contributed by atoms with Crippen LogP contribution in [0.4, 0.5) is 0 Å². The lowest BCUT2D eigenvalue weighted by atomic mass is 9.92. The van der Waals surface area contributed by atoms with Gasteiger partial charge < -0.3 is 24.6 Å². The zero-order chi connectivity index (χ0) is 31.4. The number of carbonyl (C=O) groups is 4. The molecule has 1 aromatic heterocycles. The lowest BCUT2D eigenvalue weighted by Crippen LogP contribution is -2.42. The quantitative estimate of drug-likeness (QED) is 0.280. The highest BCUT2D eigenvalue weighted by Crippen LogP contribution is 2.21. The molecule has 3 aromatic carbocycles. The molecule has 4 aliphatic rings. The summed E-state index contributed by atoms with van der Waals surface area (Å²) in [5.74, 6) is -0.00420. The fourth-order valence-electron chi connectivity index (χ4n) is 5.35. The molecule has 0 radical (unpaired) electrons. The van der Waals surface area contributed by atoms with Crippen molar-refractivity contribution in [2.45, 2.75) is 51.0 Å². The van der Waals surface area contributed by atoms with Crippen molar-refractivity contribution in [1.29, 1.82) is 0 Å². The molecule has 2 atom stereocenters. The van der Waals surface area contributed by atoms with E-state index in [4.69, 9.17) is 9.47 Å². The maximum Gasteiger partial charge on any atom is 0.224 e. The summed E-state index contributed by atoms with van der Waals surface area (Å²) in [5, 5.41) is 2.84. The van der Waals surface area contributed by atoms with E-state index >= 15 is 0 Å². The lowest BCUT2D eigenvalue weighted by molar-refractivity contribution is -0.127. The number of aromatic amines is 1. The van der Waals surface area contributed by atoms with Crippen LogP contribution >= 0.6 is 0 Å². The Kier molecular flexibility index (Phi) is 10.9. The highest BCUT2D eigenvalue weighted by atomic mass is 16.5. The fraction of sp³-hybridized carbons (Fsp3) is 0.297. The summed E-state index contributed by atoms with van der Waals surface area (Å²) in [6.07, 6.45) is 3.77. The third kappa shape index (κ3) is 9.25. The number of ether oxygens (including phenoxy) is 2. The first-order valence-corrected chi connectivity index (χ1v) is 15.5. The van der Waals surface area contributed by atoms with Crippen molar-refractivity contribution in [2.24, 2.45) is 5.92 Å². The van der Waals surface area contributed by atoms with Gasteiger partial charge in [-0.1, -0.05) is 54.6 Å². The zero-order valence-electron chi connectivity index (χ0n) is 25.2. The first-order valence-electron chi connectivity index (χ1n) is 15.5. The van der Waals surface area contributed by atoms with Gasteiger partial charge in [0.2, 0.25) is 5.91 Å². The number of hydrogen-bond donors (Lipinski definition) is 2. The van der Waals surface area contributed by atoms with E-state index < -0.39 is 12.0 Å². The molecule has 8 rings (SSSR count). The van der Waals surface area contributed by atoms with Crippen molar-refractivity contribution in [1.82, 2.24) is 10.3 Å². The highest BCUT2D eigenvalue weighted by Gasteiger charge is 2.26. The van der Waals surface area contributed by atoms with E-state index in [1.165, 1.54) is 0 Å². The summed E-state index contributed by atoms with van der Waals surface area (Å²) in [5.41, 5.74) is 3.42. The van der Waals surface area contributed by atoms with E-state index in [2.05, 4.69) is 10.3 Å². The van der Waals surface area contributed by atoms with Gasteiger partial charge in [0.05, 0.1) is 30.6 Å². The number of Topliss-reactive ketones (excluding diaryl/α,β-unsaturated/α-hetero) is 2. The Bertz CT molecular complexity index is 1580. The number of benzene rings is 3. The van der Waals surface area contributed by atoms with E-state index in [-0.39, 0.29) is 42.4 Å². The van der Waals surface area contributed by atoms with E-state index in [1.807, 2.05) is 78.9 Å². The summed E-state index contributed by atoms with van der Waals surface area (Å²) < 4.78 is 11.7. The third-order valence-corrected chi connectivity index (χ3v) is 7.93. The standard InChI is InChI=1S/C37H38N2O6/c40-25-30(23-27-6-2-1-3-7-27)38-37(43)29-22-28-10-15-32(16-11-28)45-21-5-4-20-44-31-13-8-26(9-14-31)12-19-35(41)33-17-18-34(39-33)36(42)24-29/h1-3,6-11,13-18,25,29-30,39H,4-5,12,19-24H2,(H,38,43)/t29-,30+/m1/s1. The van der Waals surface area contributed by atoms with Gasteiger partial charge in [0.25, 0.3) is 0 Å². The third-order valence-electron chi connectivity index (χ3n) is 7.93. The first-order chi connectivity index (χ1) is 22.0. The summed E-state index contributed by atoms with van der Waals surface area (Å²) >= 11 is 0. The van der Waals surface area contributed by atoms with Gasteiger partial charge in [0, 0.05) is 18.8 Å². The maximum absolute atomic E-state index is 13.6. The van der Waals surface area contributed by atoms with E-state index in [0.717, 1.165) is 41.6 Å². The largest absolute Gasteiger partial charge is 0.494 e. The number of aryl methyl sites for hydroxylation is 1. The molecule has 45 heavy (non-hydrogen) atoms. The van der Waals surface area contributed by atoms with Crippen LogP contribution in [0.3, 0.4) is 0 Å². The topological polar surface area (TPSA) is 115 Å². The van der Waals surface area contributed by atoms with Gasteiger partial charge in [-0.3, -0.25) is 14.4 Å². The fourth-order valence-corrected chi connectivity index (χ4v) is 5.35. The maximum atomic E-state index is 13.6. The molecule has 8 nitrogen and oxygen atoms in total. The van der Waals surface area contributed by atoms with E-state index in [1.54, 1.807) is 12.1 Å². The van der Waals surface area contributed by atoms with E-state index in [0.29, 0.717) is 37.5 Å². The normalized spacial score (nSPS) is 17.0. The highest BCUT2D eigenvalue weighted by molar-refractivity contribution is 6.00. The van der Waals surface area contributed by atoms with Gasteiger partial charge in [-0.15, -0.1) is 0 Å². The zero-order valence-corrected chi connectivity index (χ0v) is 25.2. The molecule has 4 aliphatic heterocycles. The van der Waals surface area contributed by atoms with Gasteiger partial charge in [0.15, 0.2) is 11.6 Å². The Labute approximate surface area is 263 Å². The van der Waals surface area contributed by atoms with Gasteiger partial charge in [-0.05, 0) is 85.2 Å². The second kappa shape index (κ2) is 15.7. The molecule has 0 fully saturated rings. The Morgan fingerprint density at radius 2 is 1.36 bits per heavy atom. The van der Waals surface area contributed by atoms with Crippen LogP contribution in [0.2, 0.25) is 0 Å². The second-order valence-electron chi connectivity index (χ2n) is 11.4. The first kappa shape index (κ1) is 31.4. The van der Waals surface area contributed by atoms with Crippen molar-refractivity contribution in [3.05, 3.63) is 119 Å². The molecule has 0 aliphatic carbocycles. The molecule has 6 bridgehead atoms. The molecular weight excluding hydrogens is 568 g/mol. The van der Waals surface area contributed by atoms with Crippen LogP contribution in [0.5, 0.6) is 11.5 Å². The van der Waals surface area contributed by atoms with Crippen molar-refractivity contribution < 1.29 is 28.7 Å². The summed E-state index contributed by atoms with van der Waals surface area (Å²) in [4.78, 5) is 54.8. The van der Waals surface area contributed by atoms with E-state index in [9.17, 15) is 19.2 Å². The predicted octanol–water partition coefficient (Wildman–Crippen LogP) is 5.74. The predicted molar refractivity (Wildman–Crippen MR) is 171 cm³/mol. The van der Waals surface area contributed by atoms with Crippen molar-refractivity contribution in [3.8, 4) is 11.5 Å². The minimum Gasteiger partial charge on any atom is -0.494 e. The van der Waals surface area contributed by atoms with Crippen LogP contribution < -0.4 is 14.8 Å². The van der Waals surface area contributed by atoms with Crippen LogP contribution in [0.1, 0.15) is 63.4 Å². The van der Waals surface area contributed by atoms with Gasteiger partial charge in [-0.25, -0.2) is 0 Å². The number of rotatable bonds is 5. The number of amides is 1. The molecule has 2 N–H and O–H groups in total. The SMILES string of the molecule is O=C[C@H](Cc1ccccc1)NC(=O)[C@H]1CC(=O)c2ccc([nH]2)C(=O)CCc2ccc(cc2)OCCCCOc2ccc(cc2)C1. The average Bonchev–Trinajstić information content (AvgIpc) is 3.57.